The van der Waals surface area contributed by atoms with Crippen molar-refractivity contribution in [2.75, 3.05) is 13.1 Å². The number of thiophene rings is 1. The fourth-order valence-electron chi connectivity index (χ4n) is 3.46. The van der Waals surface area contributed by atoms with Crippen molar-refractivity contribution in [2.24, 2.45) is 0 Å². The van der Waals surface area contributed by atoms with E-state index in [1.807, 2.05) is 36.4 Å². The zero-order valence-corrected chi connectivity index (χ0v) is 14.9. The van der Waals surface area contributed by atoms with E-state index in [4.69, 9.17) is 0 Å². The number of sulfonamides is 1. The predicted molar refractivity (Wildman–Crippen MR) is 99.0 cm³/mol. The minimum absolute atomic E-state index is 0.426. The first-order chi connectivity index (χ1) is 11.7. The van der Waals surface area contributed by atoms with E-state index in [9.17, 15) is 8.42 Å². The molecule has 24 heavy (non-hydrogen) atoms. The molecule has 1 fully saturated rings. The Balaban J connectivity index is 1.62. The highest BCUT2D eigenvalue weighted by Crippen LogP contribution is 2.34. The Hall–Kier alpha value is -1.69. The average molecular weight is 358 g/mol. The summed E-state index contributed by atoms with van der Waals surface area (Å²) in [5.74, 6) is 0.490. The van der Waals surface area contributed by atoms with Crippen LogP contribution in [0.15, 0.2) is 64.9 Å². The van der Waals surface area contributed by atoms with Crippen molar-refractivity contribution in [3.63, 3.8) is 0 Å². The van der Waals surface area contributed by atoms with Crippen LogP contribution in [-0.2, 0) is 10.0 Å². The smallest absolute Gasteiger partial charge is 0.207 e. The van der Waals surface area contributed by atoms with Gasteiger partial charge in [0.25, 0.3) is 0 Å². The second-order valence-electron chi connectivity index (χ2n) is 6.17. The maximum atomic E-state index is 13.1. The molecule has 0 saturated carbocycles. The third kappa shape index (κ3) is 2.77. The highest BCUT2D eigenvalue weighted by atomic mass is 32.2. The van der Waals surface area contributed by atoms with Crippen LogP contribution in [0.3, 0.4) is 0 Å². The zero-order chi connectivity index (χ0) is 16.6. The lowest BCUT2D eigenvalue weighted by molar-refractivity contribution is 0.322. The van der Waals surface area contributed by atoms with Gasteiger partial charge in [-0.2, -0.15) is 4.31 Å². The topological polar surface area (TPSA) is 37.4 Å². The van der Waals surface area contributed by atoms with Crippen LogP contribution in [0, 0.1) is 0 Å². The van der Waals surface area contributed by atoms with Gasteiger partial charge in [0.1, 0.15) is 0 Å². The van der Waals surface area contributed by atoms with Crippen LogP contribution < -0.4 is 0 Å². The highest BCUT2D eigenvalue weighted by molar-refractivity contribution is 7.89. The van der Waals surface area contributed by atoms with Gasteiger partial charge < -0.3 is 0 Å². The van der Waals surface area contributed by atoms with Crippen LogP contribution in [0.4, 0.5) is 0 Å². The van der Waals surface area contributed by atoms with Crippen LogP contribution in [0.2, 0.25) is 0 Å². The van der Waals surface area contributed by atoms with Crippen LogP contribution in [-0.4, -0.2) is 25.8 Å². The molecule has 4 rings (SSSR count). The predicted octanol–water partition coefficient (Wildman–Crippen LogP) is 4.47. The van der Waals surface area contributed by atoms with Crippen LogP contribution in [0.5, 0.6) is 0 Å². The largest absolute Gasteiger partial charge is 0.243 e. The molecule has 3 aromatic rings. The van der Waals surface area contributed by atoms with Gasteiger partial charge in [0.05, 0.1) is 4.90 Å². The van der Waals surface area contributed by atoms with Gasteiger partial charge in [0, 0.05) is 23.4 Å². The zero-order valence-electron chi connectivity index (χ0n) is 13.3. The summed E-state index contributed by atoms with van der Waals surface area (Å²) in [6.45, 7) is 1.18. The van der Waals surface area contributed by atoms with Gasteiger partial charge >= 0.3 is 0 Å². The summed E-state index contributed by atoms with van der Waals surface area (Å²) in [5, 5.41) is 3.86. The lowest BCUT2D eigenvalue weighted by Gasteiger charge is -2.31. The third-order valence-corrected chi connectivity index (χ3v) is 7.76. The summed E-state index contributed by atoms with van der Waals surface area (Å²) < 4.78 is 27.9. The van der Waals surface area contributed by atoms with Crippen molar-refractivity contribution in [1.82, 2.24) is 4.31 Å². The monoisotopic (exact) mass is 357 g/mol. The van der Waals surface area contributed by atoms with E-state index in [0.29, 0.717) is 23.9 Å². The summed E-state index contributed by atoms with van der Waals surface area (Å²) in [4.78, 5) is 1.80. The van der Waals surface area contributed by atoms with Crippen molar-refractivity contribution in [2.45, 2.75) is 23.7 Å². The van der Waals surface area contributed by atoms with Crippen molar-refractivity contribution < 1.29 is 8.42 Å². The Morgan fingerprint density at radius 2 is 1.67 bits per heavy atom. The Bertz CT molecular complexity index is 935. The van der Waals surface area contributed by atoms with E-state index in [0.717, 1.165) is 23.6 Å². The highest BCUT2D eigenvalue weighted by Gasteiger charge is 2.31. The SMILES string of the molecule is O=S(=O)(c1cccc2ccccc12)N1CCC(c2cccs2)CC1. The molecule has 0 radical (unpaired) electrons. The van der Waals surface area contributed by atoms with Gasteiger partial charge in [-0.25, -0.2) is 8.42 Å². The number of fused-ring (bicyclic) bond motifs is 1. The average Bonchev–Trinajstić information content (AvgIpc) is 3.16. The molecule has 5 heteroatoms. The van der Waals surface area contributed by atoms with E-state index in [-0.39, 0.29) is 0 Å². The molecule has 0 spiro atoms. The third-order valence-electron chi connectivity index (χ3n) is 4.77. The maximum Gasteiger partial charge on any atom is 0.243 e. The summed E-state index contributed by atoms with van der Waals surface area (Å²) in [6, 6.07) is 17.4. The molecular formula is C19H19NO2S2. The van der Waals surface area contributed by atoms with E-state index >= 15 is 0 Å². The molecule has 1 aromatic heterocycles. The quantitative estimate of drug-likeness (QED) is 0.693. The first kappa shape index (κ1) is 15.8. The number of rotatable bonds is 3. The lowest BCUT2D eigenvalue weighted by Crippen LogP contribution is -2.37. The number of benzene rings is 2. The Morgan fingerprint density at radius 1 is 0.917 bits per heavy atom. The van der Waals surface area contributed by atoms with Crippen molar-refractivity contribution in [3.8, 4) is 0 Å². The molecular weight excluding hydrogens is 338 g/mol. The van der Waals surface area contributed by atoms with E-state index in [2.05, 4.69) is 17.5 Å². The Kier molecular flexibility index (Phi) is 4.16. The normalized spacial score (nSPS) is 17.3. The molecule has 124 valence electrons. The summed E-state index contributed by atoms with van der Waals surface area (Å²) >= 11 is 1.77. The number of hydrogen-bond donors (Lipinski definition) is 0. The molecule has 1 aliphatic rings. The first-order valence-corrected chi connectivity index (χ1v) is 10.5. The molecule has 0 N–H and O–H groups in total. The molecule has 3 nitrogen and oxygen atoms in total. The van der Waals surface area contributed by atoms with Crippen LogP contribution in [0.25, 0.3) is 10.8 Å². The van der Waals surface area contributed by atoms with Crippen molar-refractivity contribution in [1.29, 1.82) is 0 Å². The minimum Gasteiger partial charge on any atom is -0.207 e. The van der Waals surface area contributed by atoms with Gasteiger partial charge in [0.2, 0.25) is 10.0 Å². The molecule has 2 heterocycles. The standard InChI is InChI=1S/C19H19NO2S2/c21-24(22,19-9-3-6-15-5-1-2-7-17(15)19)20-12-10-16(11-13-20)18-8-4-14-23-18/h1-9,14,16H,10-13H2. The van der Waals surface area contributed by atoms with Crippen molar-refractivity contribution >= 4 is 32.1 Å². The number of piperidine rings is 1. The fraction of sp³-hybridized carbons (Fsp3) is 0.263. The van der Waals surface area contributed by atoms with Gasteiger partial charge in [-0.15, -0.1) is 11.3 Å². The first-order valence-electron chi connectivity index (χ1n) is 8.17. The molecule has 0 amide bonds. The summed E-state index contributed by atoms with van der Waals surface area (Å²) in [5.41, 5.74) is 0. The van der Waals surface area contributed by atoms with Crippen LogP contribution in [0.1, 0.15) is 23.6 Å². The molecule has 2 aromatic carbocycles. The molecule has 1 aliphatic heterocycles. The second kappa shape index (κ2) is 6.31. The molecule has 0 atom stereocenters. The van der Waals surface area contributed by atoms with Gasteiger partial charge in [-0.3, -0.25) is 0 Å². The van der Waals surface area contributed by atoms with Gasteiger partial charge in [0.15, 0.2) is 0 Å². The van der Waals surface area contributed by atoms with Crippen molar-refractivity contribution in [3.05, 3.63) is 64.9 Å². The second-order valence-corrected chi connectivity index (χ2v) is 9.06. The van der Waals surface area contributed by atoms with E-state index < -0.39 is 10.0 Å². The molecule has 0 bridgehead atoms. The Labute approximate surface area is 146 Å². The molecule has 0 aliphatic carbocycles. The van der Waals surface area contributed by atoms with E-state index in [1.165, 1.54) is 4.88 Å². The summed E-state index contributed by atoms with van der Waals surface area (Å²) in [7, 11) is -3.44. The maximum absolute atomic E-state index is 13.1. The number of hydrogen-bond acceptors (Lipinski definition) is 3. The Morgan fingerprint density at radius 3 is 2.42 bits per heavy atom. The minimum atomic E-state index is -3.44. The van der Waals surface area contributed by atoms with Gasteiger partial charge in [-0.1, -0.05) is 42.5 Å². The fourth-order valence-corrected chi connectivity index (χ4v) is 6.05. The molecule has 0 unspecified atom stereocenters. The van der Waals surface area contributed by atoms with Crippen LogP contribution >= 0.6 is 11.3 Å². The summed E-state index contributed by atoms with van der Waals surface area (Å²) in [6.07, 6.45) is 1.79. The van der Waals surface area contributed by atoms with E-state index in [1.54, 1.807) is 21.7 Å². The number of nitrogens with zero attached hydrogens (tertiary/aromatic N) is 1. The van der Waals surface area contributed by atoms with Gasteiger partial charge in [-0.05, 0) is 41.7 Å². The molecule has 1 saturated heterocycles. The lowest BCUT2D eigenvalue weighted by atomic mass is 9.97.